The molecular weight excluding hydrogens is 162 g/mol. The molecule has 1 aromatic rings. The molecule has 1 rings (SSSR count). The summed E-state index contributed by atoms with van der Waals surface area (Å²) in [6.07, 6.45) is 1.74. The van der Waals surface area contributed by atoms with Crippen LogP contribution in [-0.4, -0.2) is 32.5 Å². The molecule has 5 heteroatoms. The van der Waals surface area contributed by atoms with Crippen LogP contribution in [0.3, 0.4) is 0 Å². The molecule has 0 aliphatic heterocycles. The van der Waals surface area contributed by atoms with Crippen molar-refractivity contribution in [3.63, 3.8) is 0 Å². The standard InChI is InChI=1S/C6H11N3OS/c1-9-7-4-6(8-9)5-11-3-2-10/h4,10H,2-3,5H2,1H3. The third-order valence-electron chi connectivity index (χ3n) is 1.13. The van der Waals surface area contributed by atoms with Crippen molar-refractivity contribution in [2.45, 2.75) is 5.75 Å². The van der Waals surface area contributed by atoms with Gasteiger partial charge in [-0.05, 0) is 0 Å². The predicted octanol–water partition coefficient (Wildman–Crippen LogP) is 0.0406. The summed E-state index contributed by atoms with van der Waals surface area (Å²) < 4.78 is 0. The number of rotatable bonds is 4. The zero-order chi connectivity index (χ0) is 8.10. The molecule has 62 valence electrons. The number of hydrogen-bond acceptors (Lipinski definition) is 4. The summed E-state index contributed by atoms with van der Waals surface area (Å²) in [6, 6.07) is 0. The zero-order valence-corrected chi connectivity index (χ0v) is 7.21. The minimum absolute atomic E-state index is 0.227. The van der Waals surface area contributed by atoms with E-state index in [1.54, 1.807) is 25.0 Å². The summed E-state index contributed by atoms with van der Waals surface area (Å²) in [7, 11) is 1.79. The Hall–Kier alpha value is -0.550. The van der Waals surface area contributed by atoms with Crippen LogP contribution in [0.4, 0.5) is 0 Å². The Balaban J connectivity index is 2.27. The summed E-state index contributed by atoms with van der Waals surface area (Å²) in [5.74, 6) is 1.59. The average Bonchev–Trinajstić information content (AvgIpc) is 2.37. The Morgan fingerprint density at radius 2 is 2.55 bits per heavy atom. The van der Waals surface area contributed by atoms with Crippen LogP contribution in [0.2, 0.25) is 0 Å². The van der Waals surface area contributed by atoms with Gasteiger partial charge in [0.25, 0.3) is 0 Å². The van der Waals surface area contributed by atoms with E-state index in [9.17, 15) is 0 Å². The van der Waals surface area contributed by atoms with Crippen LogP contribution in [0.25, 0.3) is 0 Å². The lowest BCUT2D eigenvalue weighted by Crippen LogP contribution is -1.93. The maximum Gasteiger partial charge on any atom is 0.0925 e. The molecule has 0 atom stereocenters. The first kappa shape index (κ1) is 8.55. The zero-order valence-electron chi connectivity index (χ0n) is 6.40. The first-order chi connectivity index (χ1) is 5.33. The number of nitrogens with zero attached hydrogens (tertiary/aromatic N) is 3. The summed E-state index contributed by atoms with van der Waals surface area (Å²) in [4.78, 5) is 1.54. The Kier molecular flexibility index (Phi) is 3.38. The van der Waals surface area contributed by atoms with E-state index in [4.69, 9.17) is 5.11 Å². The second-order valence-electron chi connectivity index (χ2n) is 2.10. The van der Waals surface area contributed by atoms with Gasteiger partial charge in [0.05, 0.1) is 18.5 Å². The average molecular weight is 173 g/mol. The van der Waals surface area contributed by atoms with E-state index < -0.39 is 0 Å². The highest BCUT2D eigenvalue weighted by Crippen LogP contribution is 2.07. The molecule has 0 saturated heterocycles. The van der Waals surface area contributed by atoms with Gasteiger partial charge in [-0.1, -0.05) is 0 Å². The van der Waals surface area contributed by atoms with Gasteiger partial charge in [-0.2, -0.15) is 26.8 Å². The number of thioether (sulfide) groups is 1. The first-order valence-corrected chi connectivity index (χ1v) is 4.52. The highest BCUT2D eigenvalue weighted by atomic mass is 32.2. The Morgan fingerprint density at radius 3 is 3.09 bits per heavy atom. The number of hydrogen-bond donors (Lipinski definition) is 1. The molecule has 0 unspecified atom stereocenters. The van der Waals surface area contributed by atoms with E-state index in [2.05, 4.69) is 10.2 Å². The molecule has 0 fully saturated rings. The SMILES string of the molecule is Cn1ncc(CSCCO)n1. The monoisotopic (exact) mass is 173 g/mol. The van der Waals surface area contributed by atoms with E-state index in [1.807, 2.05) is 0 Å². The van der Waals surface area contributed by atoms with Crippen molar-refractivity contribution in [1.29, 1.82) is 0 Å². The van der Waals surface area contributed by atoms with Crippen molar-refractivity contribution in [3.8, 4) is 0 Å². The largest absolute Gasteiger partial charge is 0.396 e. The lowest BCUT2D eigenvalue weighted by atomic mass is 10.6. The number of aliphatic hydroxyl groups is 1. The smallest absolute Gasteiger partial charge is 0.0925 e. The fourth-order valence-corrected chi connectivity index (χ4v) is 1.31. The third kappa shape index (κ3) is 2.90. The van der Waals surface area contributed by atoms with Crippen molar-refractivity contribution in [3.05, 3.63) is 11.9 Å². The van der Waals surface area contributed by atoms with Gasteiger partial charge in [-0.3, -0.25) is 0 Å². The van der Waals surface area contributed by atoms with Crippen LogP contribution in [0.15, 0.2) is 6.20 Å². The molecular formula is C6H11N3OS. The summed E-state index contributed by atoms with van der Waals surface area (Å²) >= 11 is 1.65. The van der Waals surface area contributed by atoms with E-state index in [-0.39, 0.29) is 6.61 Å². The van der Waals surface area contributed by atoms with Gasteiger partial charge in [-0.15, -0.1) is 0 Å². The highest BCUT2D eigenvalue weighted by molar-refractivity contribution is 7.98. The minimum Gasteiger partial charge on any atom is -0.396 e. The van der Waals surface area contributed by atoms with Crippen molar-refractivity contribution in [2.24, 2.45) is 7.05 Å². The van der Waals surface area contributed by atoms with Gasteiger partial charge in [0.15, 0.2) is 0 Å². The summed E-state index contributed by atoms with van der Waals surface area (Å²) in [5, 5.41) is 16.5. The van der Waals surface area contributed by atoms with Gasteiger partial charge in [0, 0.05) is 18.6 Å². The van der Waals surface area contributed by atoms with Crippen LogP contribution >= 0.6 is 11.8 Å². The number of aromatic nitrogens is 3. The van der Waals surface area contributed by atoms with Crippen molar-refractivity contribution in [1.82, 2.24) is 15.0 Å². The molecule has 4 nitrogen and oxygen atoms in total. The second-order valence-corrected chi connectivity index (χ2v) is 3.21. The van der Waals surface area contributed by atoms with Crippen LogP contribution in [0.5, 0.6) is 0 Å². The van der Waals surface area contributed by atoms with E-state index in [0.717, 1.165) is 17.2 Å². The van der Waals surface area contributed by atoms with Crippen LogP contribution in [0.1, 0.15) is 5.69 Å². The number of aliphatic hydroxyl groups excluding tert-OH is 1. The lowest BCUT2D eigenvalue weighted by molar-refractivity contribution is 0.322. The molecule has 0 spiro atoms. The van der Waals surface area contributed by atoms with Gasteiger partial charge in [0.1, 0.15) is 0 Å². The maximum atomic E-state index is 8.49. The quantitative estimate of drug-likeness (QED) is 0.653. The Morgan fingerprint density at radius 1 is 1.73 bits per heavy atom. The normalized spacial score (nSPS) is 10.4. The molecule has 0 aliphatic carbocycles. The molecule has 1 N–H and O–H groups in total. The van der Waals surface area contributed by atoms with Crippen molar-refractivity contribution in [2.75, 3.05) is 12.4 Å². The van der Waals surface area contributed by atoms with E-state index in [1.165, 1.54) is 4.80 Å². The number of aryl methyl sites for hydroxylation is 1. The molecule has 11 heavy (non-hydrogen) atoms. The molecule has 0 aromatic carbocycles. The van der Waals surface area contributed by atoms with Crippen LogP contribution in [-0.2, 0) is 12.8 Å². The Labute approximate surface area is 69.6 Å². The minimum atomic E-state index is 0.227. The fraction of sp³-hybridized carbons (Fsp3) is 0.667. The van der Waals surface area contributed by atoms with Crippen LogP contribution < -0.4 is 0 Å². The fourth-order valence-electron chi connectivity index (χ4n) is 0.695. The molecule has 0 radical (unpaired) electrons. The van der Waals surface area contributed by atoms with Gasteiger partial charge in [0.2, 0.25) is 0 Å². The van der Waals surface area contributed by atoms with Crippen LogP contribution in [0, 0.1) is 0 Å². The van der Waals surface area contributed by atoms with Crippen molar-refractivity contribution < 1.29 is 5.11 Å². The summed E-state index contributed by atoms with van der Waals surface area (Å²) in [5.41, 5.74) is 0.964. The van der Waals surface area contributed by atoms with E-state index in [0.29, 0.717) is 0 Å². The van der Waals surface area contributed by atoms with Gasteiger partial charge < -0.3 is 5.11 Å². The van der Waals surface area contributed by atoms with Crippen molar-refractivity contribution >= 4 is 11.8 Å². The lowest BCUT2D eigenvalue weighted by Gasteiger charge is -1.92. The Bertz CT molecular complexity index is 213. The maximum absolute atomic E-state index is 8.49. The third-order valence-corrected chi connectivity index (χ3v) is 2.10. The molecule has 1 aromatic heterocycles. The summed E-state index contributed by atoms with van der Waals surface area (Å²) in [6.45, 7) is 0.227. The van der Waals surface area contributed by atoms with Gasteiger partial charge in [-0.25, -0.2) is 0 Å². The van der Waals surface area contributed by atoms with Gasteiger partial charge >= 0.3 is 0 Å². The predicted molar refractivity (Wildman–Crippen MR) is 44.3 cm³/mol. The first-order valence-electron chi connectivity index (χ1n) is 3.36. The molecule has 1 heterocycles. The topological polar surface area (TPSA) is 50.9 Å². The molecule has 0 aliphatic rings. The molecule has 0 amide bonds. The highest BCUT2D eigenvalue weighted by Gasteiger charge is 1.96. The van der Waals surface area contributed by atoms with E-state index >= 15 is 0 Å². The molecule has 0 saturated carbocycles. The molecule has 0 bridgehead atoms. The second kappa shape index (κ2) is 4.35.